The van der Waals surface area contributed by atoms with E-state index in [-0.39, 0.29) is 17.9 Å². The van der Waals surface area contributed by atoms with Gasteiger partial charge in [-0.25, -0.2) is 4.98 Å². The molecule has 21 heavy (non-hydrogen) atoms. The predicted molar refractivity (Wildman–Crippen MR) is 81.6 cm³/mol. The molecule has 0 bridgehead atoms. The number of nitrogens with one attached hydrogen (secondary N) is 1. The molecule has 0 saturated carbocycles. The molecule has 0 aromatic carbocycles. The van der Waals surface area contributed by atoms with E-state index in [9.17, 15) is 9.59 Å². The van der Waals surface area contributed by atoms with Gasteiger partial charge >= 0.3 is 0 Å². The number of carbonyl (C=O) groups excluding carboxylic acids is 2. The Balaban J connectivity index is 2.20. The van der Waals surface area contributed by atoms with Gasteiger partial charge in [0.2, 0.25) is 11.8 Å². The molecule has 1 N–H and O–H groups in total. The lowest BCUT2D eigenvalue weighted by atomic mass is 10.2. The molecule has 0 aliphatic heterocycles. The second kappa shape index (κ2) is 9.15. The molecule has 0 spiro atoms. The van der Waals surface area contributed by atoms with Crippen molar-refractivity contribution >= 4 is 11.8 Å². The fourth-order valence-electron chi connectivity index (χ4n) is 2.24. The van der Waals surface area contributed by atoms with Crippen molar-refractivity contribution in [2.45, 2.75) is 52.6 Å². The summed E-state index contributed by atoms with van der Waals surface area (Å²) >= 11 is 0. The van der Waals surface area contributed by atoms with E-state index in [1.807, 2.05) is 31.5 Å². The minimum atomic E-state index is -0.00466. The van der Waals surface area contributed by atoms with Gasteiger partial charge in [-0.1, -0.05) is 0 Å². The average molecular weight is 294 g/mol. The van der Waals surface area contributed by atoms with Gasteiger partial charge in [-0.15, -0.1) is 0 Å². The molecule has 2 amide bonds. The highest BCUT2D eigenvalue weighted by Crippen LogP contribution is 2.02. The van der Waals surface area contributed by atoms with E-state index in [1.54, 1.807) is 17.4 Å². The van der Waals surface area contributed by atoms with Crippen molar-refractivity contribution < 1.29 is 9.59 Å². The zero-order valence-electron chi connectivity index (χ0n) is 13.2. The van der Waals surface area contributed by atoms with Crippen LogP contribution in [0.2, 0.25) is 0 Å². The van der Waals surface area contributed by atoms with Gasteiger partial charge in [0.25, 0.3) is 0 Å². The molecule has 0 aliphatic rings. The van der Waals surface area contributed by atoms with Crippen LogP contribution in [0.5, 0.6) is 0 Å². The number of aromatic nitrogens is 2. The van der Waals surface area contributed by atoms with Crippen molar-refractivity contribution in [1.82, 2.24) is 19.8 Å². The molecule has 1 atom stereocenters. The molecule has 0 aliphatic carbocycles. The van der Waals surface area contributed by atoms with Crippen molar-refractivity contribution in [2.75, 3.05) is 13.1 Å². The van der Waals surface area contributed by atoms with Gasteiger partial charge < -0.3 is 14.8 Å². The average Bonchev–Trinajstić information content (AvgIpc) is 2.92. The third-order valence-electron chi connectivity index (χ3n) is 3.36. The SMILES string of the molecule is CCN(CC)C(=O)CCCC(=O)NC(C)Cn1ccnc1. The summed E-state index contributed by atoms with van der Waals surface area (Å²) < 4.78 is 1.93. The lowest BCUT2D eigenvalue weighted by molar-refractivity contribution is -0.131. The molecule has 0 saturated heterocycles. The van der Waals surface area contributed by atoms with Crippen LogP contribution >= 0.6 is 0 Å². The Morgan fingerprint density at radius 3 is 2.57 bits per heavy atom. The number of nitrogens with zero attached hydrogens (tertiary/aromatic N) is 3. The maximum atomic E-state index is 11.8. The summed E-state index contributed by atoms with van der Waals surface area (Å²) in [5.41, 5.74) is 0. The standard InChI is InChI=1S/C15H26N4O2/c1-4-19(5-2)15(21)8-6-7-14(20)17-13(3)11-18-10-9-16-12-18/h9-10,12-13H,4-8,11H2,1-3H3,(H,17,20). The largest absolute Gasteiger partial charge is 0.352 e. The lowest BCUT2D eigenvalue weighted by Crippen LogP contribution is -2.35. The van der Waals surface area contributed by atoms with Gasteiger partial charge in [0.1, 0.15) is 0 Å². The predicted octanol–water partition coefficient (Wildman–Crippen LogP) is 1.43. The smallest absolute Gasteiger partial charge is 0.222 e. The van der Waals surface area contributed by atoms with Crippen LogP contribution in [0.4, 0.5) is 0 Å². The minimum Gasteiger partial charge on any atom is -0.352 e. The number of amides is 2. The molecule has 1 unspecified atom stereocenters. The molecule has 1 aromatic rings. The first-order valence-electron chi connectivity index (χ1n) is 7.59. The van der Waals surface area contributed by atoms with Crippen LogP contribution in [0, 0.1) is 0 Å². The maximum absolute atomic E-state index is 11.8. The topological polar surface area (TPSA) is 67.2 Å². The highest BCUT2D eigenvalue weighted by atomic mass is 16.2. The van der Waals surface area contributed by atoms with Gasteiger partial charge in [0.15, 0.2) is 0 Å². The van der Waals surface area contributed by atoms with Gasteiger partial charge in [-0.3, -0.25) is 9.59 Å². The van der Waals surface area contributed by atoms with Crippen LogP contribution in [0.3, 0.4) is 0 Å². The third kappa shape index (κ3) is 6.42. The molecule has 1 heterocycles. The van der Waals surface area contributed by atoms with Crippen LogP contribution < -0.4 is 5.32 Å². The Hall–Kier alpha value is -1.85. The van der Waals surface area contributed by atoms with Gasteiger partial charge in [0.05, 0.1) is 6.33 Å². The van der Waals surface area contributed by atoms with E-state index in [0.29, 0.717) is 25.8 Å². The Kier molecular flexibility index (Phi) is 7.50. The molecule has 1 aromatic heterocycles. The number of hydrogen-bond donors (Lipinski definition) is 1. The van der Waals surface area contributed by atoms with Crippen molar-refractivity contribution in [3.63, 3.8) is 0 Å². The molecule has 6 heteroatoms. The Morgan fingerprint density at radius 2 is 2.00 bits per heavy atom. The monoisotopic (exact) mass is 294 g/mol. The fourth-order valence-corrected chi connectivity index (χ4v) is 2.24. The quantitative estimate of drug-likeness (QED) is 0.749. The zero-order chi connectivity index (χ0) is 15.7. The summed E-state index contributed by atoms with van der Waals surface area (Å²) in [6, 6.07) is 0.0465. The van der Waals surface area contributed by atoms with Crippen molar-refractivity contribution in [3.05, 3.63) is 18.7 Å². The molecular weight excluding hydrogens is 268 g/mol. The van der Waals surface area contributed by atoms with Crippen molar-refractivity contribution in [2.24, 2.45) is 0 Å². The van der Waals surface area contributed by atoms with E-state index in [4.69, 9.17) is 0 Å². The number of imidazole rings is 1. The van der Waals surface area contributed by atoms with E-state index in [0.717, 1.165) is 13.1 Å². The summed E-state index contributed by atoms with van der Waals surface area (Å²) in [5, 5.41) is 2.94. The third-order valence-corrected chi connectivity index (χ3v) is 3.36. The van der Waals surface area contributed by atoms with E-state index in [1.165, 1.54) is 0 Å². The number of rotatable bonds is 9. The summed E-state index contributed by atoms with van der Waals surface area (Å²) in [6.45, 7) is 8.04. The summed E-state index contributed by atoms with van der Waals surface area (Å²) in [7, 11) is 0. The Bertz CT molecular complexity index is 427. The fraction of sp³-hybridized carbons (Fsp3) is 0.667. The molecule has 0 fully saturated rings. The Labute approximate surface area is 126 Å². The summed E-state index contributed by atoms with van der Waals surface area (Å²) in [4.78, 5) is 29.4. The van der Waals surface area contributed by atoms with Crippen molar-refractivity contribution in [1.29, 1.82) is 0 Å². The van der Waals surface area contributed by atoms with Crippen LogP contribution in [0.1, 0.15) is 40.0 Å². The molecule has 1 rings (SSSR count). The van der Waals surface area contributed by atoms with Gasteiger partial charge in [-0.05, 0) is 27.2 Å². The van der Waals surface area contributed by atoms with Crippen LogP contribution in [0.15, 0.2) is 18.7 Å². The van der Waals surface area contributed by atoms with E-state index < -0.39 is 0 Å². The van der Waals surface area contributed by atoms with E-state index >= 15 is 0 Å². The van der Waals surface area contributed by atoms with Crippen molar-refractivity contribution in [3.8, 4) is 0 Å². The highest BCUT2D eigenvalue weighted by Gasteiger charge is 2.11. The Morgan fingerprint density at radius 1 is 1.29 bits per heavy atom. The second-order valence-electron chi connectivity index (χ2n) is 5.15. The highest BCUT2D eigenvalue weighted by molar-refractivity contribution is 5.79. The van der Waals surface area contributed by atoms with Crippen LogP contribution in [-0.4, -0.2) is 45.4 Å². The summed E-state index contributed by atoms with van der Waals surface area (Å²) in [6.07, 6.45) is 6.73. The second-order valence-corrected chi connectivity index (χ2v) is 5.15. The number of carbonyl (C=O) groups is 2. The van der Waals surface area contributed by atoms with E-state index in [2.05, 4.69) is 10.3 Å². The molecule has 0 radical (unpaired) electrons. The first-order chi connectivity index (χ1) is 10.1. The molecular formula is C15H26N4O2. The van der Waals surface area contributed by atoms with Crippen LogP contribution in [0.25, 0.3) is 0 Å². The first kappa shape index (κ1) is 17.2. The molecule has 118 valence electrons. The maximum Gasteiger partial charge on any atom is 0.222 e. The molecule has 6 nitrogen and oxygen atoms in total. The lowest BCUT2D eigenvalue weighted by Gasteiger charge is -2.18. The summed E-state index contributed by atoms with van der Waals surface area (Å²) in [5.74, 6) is 0.120. The number of hydrogen-bond acceptors (Lipinski definition) is 3. The first-order valence-corrected chi connectivity index (χ1v) is 7.59. The zero-order valence-corrected chi connectivity index (χ0v) is 13.2. The normalized spacial score (nSPS) is 12.0. The van der Waals surface area contributed by atoms with Gasteiger partial charge in [-0.2, -0.15) is 0 Å². The van der Waals surface area contributed by atoms with Gasteiger partial charge in [0, 0.05) is 50.9 Å². The van der Waals surface area contributed by atoms with Crippen LogP contribution in [-0.2, 0) is 16.1 Å². The minimum absolute atomic E-state index is 0.00466.